The second-order valence-electron chi connectivity index (χ2n) is 8.21. The predicted molar refractivity (Wildman–Crippen MR) is 137 cm³/mol. The van der Waals surface area contributed by atoms with Crippen LogP contribution in [0.4, 0.5) is 0 Å². The molecule has 0 aliphatic carbocycles. The number of amides is 1. The summed E-state index contributed by atoms with van der Waals surface area (Å²) >= 11 is 1.27. The highest BCUT2D eigenvalue weighted by molar-refractivity contribution is 7.99. The molecular formula is C27H25N3O4S. The van der Waals surface area contributed by atoms with Gasteiger partial charge in [-0.1, -0.05) is 48.2 Å². The highest BCUT2D eigenvalue weighted by Crippen LogP contribution is 2.31. The van der Waals surface area contributed by atoms with Crippen molar-refractivity contribution in [2.75, 3.05) is 26.5 Å². The summed E-state index contributed by atoms with van der Waals surface area (Å²) in [5.41, 5.74) is 3.46. The number of hydrogen-bond donors (Lipinski definition) is 0. The normalized spacial score (nSPS) is 12.9. The molecule has 8 heteroatoms. The molecule has 0 unspecified atom stereocenters. The Hall–Kier alpha value is -3.78. The summed E-state index contributed by atoms with van der Waals surface area (Å²) in [6, 6.07) is 20.7. The van der Waals surface area contributed by atoms with Crippen LogP contribution in [-0.4, -0.2) is 46.9 Å². The summed E-state index contributed by atoms with van der Waals surface area (Å²) in [6.07, 6.45) is 0.844. The maximum atomic E-state index is 13.5. The van der Waals surface area contributed by atoms with Crippen molar-refractivity contribution in [1.29, 1.82) is 0 Å². The maximum absolute atomic E-state index is 13.5. The first-order chi connectivity index (χ1) is 17.1. The zero-order valence-electron chi connectivity index (χ0n) is 19.6. The third kappa shape index (κ3) is 4.49. The van der Waals surface area contributed by atoms with Gasteiger partial charge in [0.15, 0.2) is 16.7 Å². The van der Waals surface area contributed by atoms with E-state index in [0.29, 0.717) is 46.3 Å². The van der Waals surface area contributed by atoms with Crippen LogP contribution in [0.3, 0.4) is 0 Å². The van der Waals surface area contributed by atoms with Crippen molar-refractivity contribution in [3.8, 4) is 17.2 Å². The summed E-state index contributed by atoms with van der Waals surface area (Å²) in [6.45, 7) is 1.28. The molecule has 0 saturated heterocycles. The largest absolute Gasteiger partial charge is 0.493 e. The molecule has 4 aromatic rings. The van der Waals surface area contributed by atoms with Crippen molar-refractivity contribution in [3.05, 3.63) is 88.2 Å². The van der Waals surface area contributed by atoms with Crippen LogP contribution in [0.15, 0.2) is 76.7 Å². The Labute approximate surface area is 207 Å². The van der Waals surface area contributed by atoms with Crippen molar-refractivity contribution in [2.24, 2.45) is 0 Å². The van der Waals surface area contributed by atoms with Gasteiger partial charge < -0.3 is 14.4 Å². The van der Waals surface area contributed by atoms with Crippen LogP contribution in [0.1, 0.15) is 11.1 Å². The lowest BCUT2D eigenvalue weighted by Gasteiger charge is -2.28. The standard InChI is InChI=1S/C27H25N3O4S/c1-33-23-12-11-20(15-24(23)34-2)30-26(32)21-9-5-6-10-22(21)28-27(30)35-17-25(31)29-14-13-18-7-3-4-8-19(18)16-29/h3-12,15H,13-14,16-17H2,1-2H3. The quantitative estimate of drug-likeness (QED) is 0.301. The fourth-order valence-electron chi connectivity index (χ4n) is 4.33. The molecule has 7 nitrogen and oxygen atoms in total. The SMILES string of the molecule is COc1ccc(-n2c(SCC(=O)N3CCc4ccccc4C3)nc3ccccc3c2=O)cc1OC. The molecule has 0 atom stereocenters. The minimum Gasteiger partial charge on any atom is -0.493 e. The smallest absolute Gasteiger partial charge is 0.266 e. The molecule has 0 radical (unpaired) electrons. The first kappa shape index (κ1) is 23.0. The van der Waals surface area contributed by atoms with Gasteiger partial charge in [-0.05, 0) is 41.8 Å². The van der Waals surface area contributed by atoms with Gasteiger partial charge in [-0.25, -0.2) is 4.98 Å². The van der Waals surface area contributed by atoms with E-state index in [2.05, 4.69) is 12.1 Å². The van der Waals surface area contributed by atoms with E-state index in [1.807, 2.05) is 35.2 Å². The topological polar surface area (TPSA) is 73.7 Å². The average Bonchev–Trinajstić information content (AvgIpc) is 2.91. The molecule has 1 aromatic heterocycles. The number of nitrogens with zero attached hydrogens (tertiary/aromatic N) is 3. The van der Waals surface area contributed by atoms with Crippen LogP contribution in [0.25, 0.3) is 16.6 Å². The number of fused-ring (bicyclic) bond motifs is 2. The number of para-hydroxylation sites is 1. The molecule has 0 saturated carbocycles. The van der Waals surface area contributed by atoms with Crippen LogP contribution in [0.2, 0.25) is 0 Å². The van der Waals surface area contributed by atoms with Gasteiger partial charge in [0, 0.05) is 19.2 Å². The van der Waals surface area contributed by atoms with Crippen LogP contribution in [-0.2, 0) is 17.8 Å². The molecule has 0 fully saturated rings. The van der Waals surface area contributed by atoms with Crippen molar-refractivity contribution in [1.82, 2.24) is 14.5 Å². The van der Waals surface area contributed by atoms with Gasteiger partial charge in [-0.15, -0.1) is 0 Å². The molecule has 0 spiro atoms. The van der Waals surface area contributed by atoms with Crippen molar-refractivity contribution >= 4 is 28.6 Å². The minimum absolute atomic E-state index is 0.0192. The lowest BCUT2D eigenvalue weighted by atomic mass is 10.00. The third-order valence-corrected chi connectivity index (χ3v) is 7.10. The van der Waals surface area contributed by atoms with Gasteiger partial charge >= 0.3 is 0 Å². The number of thioether (sulfide) groups is 1. The average molecular weight is 488 g/mol. The molecule has 1 aliphatic rings. The van der Waals surface area contributed by atoms with Crippen LogP contribution >= 0.6 is 11.8 Å². The zero-order valence-corrected chi connectivity index (χ0v) is 20.4. The minimum atomic E-state index is -0.204. The number of carbonyl (C=O) groups excluding carboxylic acids is 1. The zero-order chi connectivity index (χ0) is 24.4. The summed E-state index contributed by atoms with van der Waals surface area (Å²) in [5.74, 6) is 1.27. The number of carbonyl (C=O) groups is 1. The molecule has 0 N–H and O–H groups in total. The predicted octanol–water partition coefficient (Wildman–Crippen LogP) is 4.08. The van der Waals surface area contributed by atoms with E-state index < -0.39 is 0 Å². The Bertz CT molecular complexity index is 1470. The number of hydrogen-bond acceptors (Lipinski definition) is 6. The summed E-state index contributed by atoms with van der Waals surface area (Å²) in [7, 11) is 3.11. The Balaban J connectivity index is 1.48. The van der Waals surface area contributed by atoms with Crippen molar-refractivity contribution in [3.63, 3.8) is 0 Å². The Morgan fingerprint density at radius 2 is 1.71 bits per heavy atom. The molecule has 178 valence electrons. The van der Waals surface area contributed by atoms with E-state index in [4.69, 9.17) is 14.5 Å². The number of methoxy groups -OCH3 is 2. The molecule has 1 aliphatic heterocycles. The van der Waals surface area contributed by atoms with Gasteiger partial charge in [0.1, 0.15) is 0 Å². The van der Waals surface area contributed by atoms with E-state index in [1.54, 1.807) is 38.5 Å². The Morgan fingerprint density at radius 1 is 0.971 bits per heavy atom. The second-order valence-corrected chi connectivity index (χ2v) is 9.16. The molecule has 1 amide bonds. The first-order valence-corrected chi connectivity index (χ1v) is 12.3. The third-order valence-electron chi connectivity index (χ3n) is 6.18. The second kappa shape index (κ2) is 9.84. The first-order valence-electron chi connectivity index (χ1n) is 11.3. The fraction of sp³-hybridized carbons (Fsp3) is 0.222. The summed E-state index contributed by atoms with van der Waals surface area (Å²) in [4.78, 5) is 33.3. The highest BCUT2D eigenvalue weighted by Gasteiger charge is 2.22. The van der Waals surface area contributed by atoms with Crippen LogP contribution in [0.5, 0.6) is 11.5 Å². The van der Waals surface area contributed by atoms with Crippen LogP contribution < -0.4 is 15.0 Å². The van der Waals surface area contributed by atoms with Crippen LogP contribution in [0, 0.1) is 0 Å². The van der Waals surface area contributed by atoms with Gasteiger partial charge in [-0.2, -0.15) is 0 Å². The Morgan fingerprint density at radius 3 is 2.51 bits per heavy atom. The molecular weight excluding hydrogens is 462 g/mol. The number of aromatic nitrogens is 2. The maximum Gasteiger partial charge on any atom is 0.266 e. The lowest BCUT2D eigenvalue weighted by Crippen LogP contribution is -2.37. The number of rotatable bonds is 6. The van der Waals surface area contributed by atoms with Gasteiger partial charge in [-0.3, -0.25) is 14.2 Å². The Kier molecular flexibility index (Phi) is 6.46. The monoisotopic (exact) mass is 487 g/mol. The molecule has 0 bridgehead atoms. The number of benzene rings is 3. The molecule has 5 rings (SSSR count). The molecule has 2 heterocycles. The highest BCUT2D eigenvalue weighted by atomic mass is 32.2. The van der Waals surface area contributed by atoms with E-state index >= 15 is 0 Å². The summed E-state index contributed by atoms with van der Waals surface area (Å²) in [5, 5.41) is 0.956. The van der Waals surface area contributed by atoms with E-state index in [9.17, 15) is 9.59 Å². The van der Waals surface area contributed by atoms with E-state index in [0.717, 1.165) is 6.42 Å². The van der Waals surface area contributed by atoms with Gasteiger partial charge in [0.25, 0.3) is 5.56 Å². The molecule has 35 heavy (non-hydrogen) atoms. The van der Waals surface area contributed by atoms with Crippen molar-refractivity contribution in [2.45, 2.75) is 18.1 Å². The fourth-order valence-corrected chi connectivity index (χ4v) is 5.24. The number of ether oxygens (including phenoxy) is 2. The molecule has 3 aromatic carbocycles. The van der Waals surface area contributed by atoms with Crippen molar-refractivity contribution < 1.29 is 14.3 Å². The van der Waals surface area contributed by atoms with E-state index in [-0.39, 0.29) is 17.2 Å². The van der Waals surface area contributed by atoms with Gasteiger partial charge in [0.05, 0.1) is 36.6 Å². The lowest BCUT2D eigenvalue weighted by molar-refractivity contribution is -0.129. The van der Waals surface area contributed by atoms with Gasteiger partial charge in [0.2, 0.25) is 5.91 Å². The summed E-state index contributed by atoms with van der Waals surface area (Å²) < 4.78 is 12.3. The van der Waals surface area contributed by atoms with E-state index in [1.165, 1.54) is 27.5 Å².